The van der Waals surface area contributed by atoms with Crippen molar-refractivity contribution in [2.24, 2.45) is 0 Å². The first-order chi connectivity index (χ1) is 13.0. The highest BCUT2D eigenvalue weighted by Crippen LogP contribution is 2.07. The number of aryl methyl sites for hydroxylation is 1. The molecule has 6 heteroatoms. The van der Waals surface area contributed by atoms with Crippen LogP contribution in [0.2, 0.25) is 0 Å². The average molecular weight is 368 g/mol. The van der Waals surface area contributed by atoms with E-state index in [1.54, 1.807) is 11.1 Å². The number of hydrogen-bond acceptors (Lipinski definition) is 4. The van der Waals surface area contributed by atoms with Crippen molar-refractivity contribution in [1.82, 2.24) is 20.2 Å². The summed E-state index contributed by atoms with van der Waals surface area (Å²) in [7, 11) is 0. The van der Waals surface area contributed by atoms with Crippen LogP contribution in [-0.4, -0.2) is 45.8 Å². The van der Waals surface area contributed by atoms with Gasteiger partial charge in [-0.3, -0.25) is 14.6 Å². The lowest BCUT2D eigenvalue weighted by Gasteiger charge is -2.22. The number of carbonyl (C=O) groups is 2. The lowest BCUT2D eigenvalue weighted by Crippen LogP contribution is -2.38. The molecule has 0 bridgehead atoms. The first-order valence-electron chi connectivity index (χ1n) is 9.40. The molecule has 0 aliphatic heterocycles. The van der Waals surface area contributed by atoms with Gasteiger partial charge in [-0.05, 0) is 32.3 Å². The highest BCUT2D eigenvalue weighted by Gasteiger charge is 2.19. The Kier molecular flexibility index (Phi) is 7.92. The van der Waals surface area contributed by atoms with E-state index in [4.69, 9.17) is 0 Å². The summed E-state index contributed by atoms with van der Waals surface area (Å²) in [5, 5.41) is 2.94. The molecule has 1 aromatic carbocycles. The molecule has 0 spiro atoms. The fourth-order valence-corrected chi connectivity index (χ4v) is 2.57. The van der Waals surface area contributed by atoms with Crippen molar-refractivity contribution in [3.8, 4) is 0 Å². The maximum Gasteiger partial charge on any atom is 0.274 e. The molecule has 6 nitrogen and oxygen atoms in total. The molecule has 2 amide bonds. The molecule has 2 aromatic rings. The van der Waals surface area contributed by atoms with E-state index in [1.807, 2.05) is 51.1 Å². The van der Waals surface area contributed by atoms with Crippen molar-refractivity contribution in [2.45, 2.75) is 46.1 Å². The zero-order chi connectivity index (χ0) is 19.6. The quantitative estimate of drug-likeness (QED) is 0.738. The number of nitrogens with one attached hydrogen (secondary N) is 1. The zero-order valence-electron chi connectivity index (χ0n) is 16.3. The molecule has 0 aliphatic carbocycles. The largest absolute Gasteiger partial charge is 0.354 e. The van der Waals surface area contributed by atoms with E-state index in [-0.39, 0.29) is 24.3 Å². The molecule has 0 aliphatic rings. The van der Waals surface area contributed by atoms with Crippen LogP contribution in [0, 0.1) is 6.92 Å². The number of carbonyl (C=O) groups excluding carboxylic acids is 2. The molecular weight excluding hydrogens is 340 g/mol. The smallest absolute Gasteiger partial charge is 0.274 e. The van der Waals surface area contributed by atoms with Crippen molar-refractivity contribution in [3.63, 3.8) is 0 Å². The van der Waals surface area contributed by atoms with Gasteiger partial charge in [0, 0.05) is 31.7 Å². The fourth-order valence-electron chi connectivity index (χ4n) is 2.57. The highest BCUT2D eigenvalue weighted by molar-refractivity contribution is 5.92. The van der Waals surface area contributed by atoms with Crippen LogP contribution in [0.15, 0.2) is 42.7 Å². The van der Waals surface area contributed by atoms with Gasteiger partial charge in [-0.1, -0.05) is 37.3 Å². The van der Waals surface area contributed by atoms with Crippen molar-refractivity contribution < 1.29 is 9.59 Å². The third-order valence-electron chi connectivity index (χ3n) is 4.43. The maximum atomic E-state index is 12.9. The van der Waals surface area contributed by atoms with Gasteiger partial charge < -0.3 is 10.2 Å². The van der Waals surface area contributed by atoms with Gasteiger partial charge in [0.25, 0.3) is 5.91 Å². The molecule has 1 atom stereocenters. The SMILES string of the molecule is CCC(C)NC(=O)CCN(CCc1ccccc1)C(=O)c1cnc(C)cn1. The Morgan fingerprint density at radius 1 is 1.11 bits per heavy atom. The molecule has 144 valence electrons. The molecule has 0 saturated heterocycles. The second-order valence-electron chi connectivity index (χ2n) is 6.70. The third kappa shape index (κ3) is 6.81. The first-order valence-corrected chi connectivity index (χ1v) is 9.40. The number of aromatic nitrogens is 2. The van der Waals surface area contributed by atoms with Gasteiger partial charge in [-0.15, -0.1) is 0 Å². The zero-order valence-corrected chi connectivity index (χ0v) is 16.3. The Bertz CT molecular complexity index is 732. The molecular formula is C21H28N4O2. The normalized spacial score (nSPS) is 11.7. The van der Waals surface area contributed by atoms with Crippen molar-refractivity contribution in [2.75, 3.05) is 13.1 Å². The maximum absolute atomic E-state index is 12.9. The van der Waals surface area contributed by atoms with Gasteiger partial charge in [0.15, 0.2) is 0 Å². The van der Waals surface area contributed by atoms with Crippen molar-refractivity contribution in [1.29, 1.82) is 0 Å². The summed E-state index contributed by atoms with van der Waals surface area (Å²) in [4.78, 5) is 35.0. The molecule has 1 heterocycles. The Hall–Kier alpha value is -2.76. The number of nitrogens with zero attached hydrogens (tertiary/aromatic N) is 3. The summed E-state index contributed by atoms with van der Waals surface area (Å²) in [5.74, 6) is -0.244. The van der Waals surface area contributed by atoms with E-state index in [9.17, 15) is 9.59 Å². The minimum Gasteiger partial charge on any atom is -0.354 e. The van der Waals surface area contributed by atoms with Crippen LogP contribution in [-0.2, 0) is 11.2 Å². The summed E-state index contributed by atoms with van der Waals surface area (Å²) in [6.07, 6.45) is 4.94. The highest BCUT2D eigenvalue weighted by atomic mass is 16.2. The van der Waals surface area contributed by atoms with Gasteiger partial charge in [0.1, 0.15) is 5.69 Å². The lowest BCUT2D eigenvalue weighted by atomic mass is 10.1. The van der Waals surface area contributed by atoms with Crippen LogP contribution in [0.25, 0.3) is 0 Å². The number of benzene rings is 1. The van der Waals surface area contributed by atoms with E-state index < -0.39 is 0 Å². The molecule has 27 heavy (non-hydrogen) atoms. The first kappa shape index (κ1) is 20.6. The van der Waals surface area contributed by atoms with Gasteiger partial charge in [-0.25, -0.2) is 4.98 Å². The second kappa shape index (κ2) is 10.4. The second-order valence-corrected chi connectivity index (χ2v) is 6.70. The van der Waals surface area contributed by atoms with Crippen LogP contribution in [0.5, 0.6) is 0 Å². The van der Waals surface area contributed by atoms with E-state index >= 15 is 0 Å². The van der Waals surface area contributed by atoms with Gasteiger partial charge in [-0.2, -0.15) is 0 Å². The molecule has 2 rings (SSSR count). The number of rotatable bonds is 9. The summed E-state index contributed by atoms with van der Waals surface area (Å²) in [6.45, 7) is 6.70. The predicted octanol–water partition coefficient (Wildman–Crippen LogP) is 2.77. The molecule has 0 radical (unpaired) electrons. The Morgan fingerprint density at radius 3 is 2.48 bits per heavy atom. The van der Waals surface area contributed by atoms with E-state index in [0.717, 1.165) is 24.1 Å². The third-order valence-corrected chi connectivity index (χ3v) is 4.43. The number of amides is 2. The average Bonchev–Trinajstić information content (AvgIpc) is 2.68. The monoisotopic (exact) mass is 368 g/mol. The Labute approximate surface area is 161 Å². The van der Waals surface area contributed by atoms with Crippen molar-refractivity contribution >= 4 is 11.8 Å². The van der Waals surface area contributed by atoms with Gasteiger partial charge >= 0.3 is 0 Å². The molecule has 1 N–H and O–H groups in total. The molecule has 1 aromatic heterocycles. The Morgan fingerprint density at radius 2 is 1.85 bits per heavy atom. The van der Waals surface area contributed by atoms with Crippen LogP contribution in [0.3, 0.4) is 0 Å². The van der Waals surface area contributed by atoms with E-state index in [1.165, 1.54) is 6.20 Å². The van der Waals surface area contributed by atoms with Crippen molar-refractivity contribution in [3.05, 3.63) is 59.7 Å². The lowest BCUT2D eigenvalue weighted by molar-refractivity contribution is -0.121. The Balaban J connectivity index is 2.03. The van der Waals surface area contributed by atoms with Crippen LogP contribution < -0.4 is 5.32 Å². The summed E-state index contributed by atoms with van der Waals surface area (Å²) < 4.78 is 0. The fraction of sp³-hybridized carbons (Fsp3) is 0.429. The predicted molar refractivity (Wildman–Crippen MR) is 105 cm³/mol. The molecule has 0 fully saturated rings. The minimum atomic E-state index is -0.199. The summed E-state index contributed by atoms with van der Waals surface area (Å²) >= 11 is 0. The van der Waals surface area contributed by atoms with Crippen LogP contribution >= 0.6 is 0 Å². The van der Waals surface area contributed by atoms with E-state index in [2.05, 4.69) is 15.3 Å². The molecule has 1 unspecified atom stereocenters. The minimum absolute atomic E-state index is 0.0446. The van der Waals surface area contributed by atoms with Gasteiger partial charge in [0.2, 0.25) is 5.91 Å². The van der Waals surface area contributed by atoms with Crippen LogP contribution in [0.4, 0.5) is 0 Å². The number of hydrogen-bond donors (Lipinski definition) is 1. The topological polar surface area (TPSA) is 75.2 Å². The van der Waals surface area contributed by atoms with Crippen LogP contribution in [0.1, 0.15) is 48.4 Å². The summed E-state index contributed by atoms with van der Waals surface area (Å²) in [5.41, 5.74) is 2.21. The summed E-state index contributed by atoms with van der Waals surface area (Å²) in [6, 6.07) is 10.1. The standard InChI is InChI=1S/C21H28N4O2/c1-4-16(2)24-20(26)11-13-25(12-10-18-8-6-5-7-9-18)21(27)19-15-22-17(3)14-23-19/h5-9,14-16H,4,10-13H2,1-3H3,(H,24,26). The van der Waals surface area contributed by atoms with E-state index in [0.29, 0.717) is 18.8 Å². The van der Waals surface area contributed by atoms with Gasteiger partial charge in [0.05, 0.1) is 11.9 Å². The molecule has 0 saturated carbocycles.